The molecule has 3 heterocycles. The Balaban J connectivity index is 1.68. The van der Waals surface area contributed by atoms with Gasteiger partial charge in [0, 0.05) is 5.56 Å². The van der Waals surface area contributed by atoms with Gasteiger partial charge in [-0.2, -0.15) is 0 Å². The second-order valence-corrected chi connectivity index (χ2v) is 11.2. The molecule has 2 aromatic carbocycles. The van der Waals surface area contributed by atoms with E-state index >= 15 is 0 Å². The minimum atomic E-state index is -0.199. The van der Waals surface area contributed by atoms with E-state index in [1.54, 1.807) is 23.5 Å². The highest BCUT2D eigenvalue weighted by molar-refractivity contribution is 8.35. The molecule has 0 N–H and O–H groups in total. The number of ether oxygens (including phenoxy) is 1. The fraction of sp³-hybridized carbons (Fsp3) is 0.200. The summed E-state index contributed by atoms with van der Waals surface area (Å²) in [4.78, 5) is 21.7. The average Bonchev–Trinajstić information content (AvgIpc) is 3.33. The Hall–Kier alpha value is -2.48. The van der Waals surface area contributed by atoms with Crippen molar-refractivity contribution in [3.63, 3.8) is 0 Å². The lowest BCUT2D eigenvalue weighted by atomic mass is 10.0. The molecule has 0 amide bonds. The van der Waals surface area contributed by atoms with Gasteiger partial charge in [0.1, 0.15) is 10.3 Å². The first-order chi connectivity index (χ1) is 15.5. The van der Waals surface area contributed by atoms with E-state index in [9.17, 15) is 4.79 Å². The van der Waals surface area contributed by atoms with Gasteiger partial charge in [0.25, 0.3) is 5.56 Å². The van der Waals surface area contributed by atoms with Crippen LogP contribution in [0.3, 0.4) is 0 Å². The van der Waals surface area contributed by atoms with Crippen LogP contribution in [-0.4, -0.2) is 11.2 Å². The molecule has 2 aliphatic heterocycles. The Kier molecular flexibility index (Phi) is 5.88. The van der Waals surface area contributed by atoms with Crippen molar-refractivity contribution < 1.29 is 4.74 Å². The molecule has 0 fully saturated rings. The summed E-state index contributed by atoms with van der Waals surface area (Å²) >= 11 is 4.86. The molecule has 0 radical (unpaired) electrons. The van der Waals surface area contributed by atoms with E-state index in [2.05, 4.69) is 32.1 Å². The molecule has 5 rings (SSSR count). The Labute approximate surface area is 199 Å². The minimum absolute atomic E-state index is 0.0297. The smallest absolute Gasteiger partial charge is 0.272 e. The number of hydrogen-bond acceptors (Lipinski definition) is 6. The standard InChI is InChI=1S/C25H22N2O2S3/c1-4-29-19-12-10-17(11-13-19)20-14-21(18-8-6-5-7-9-18)27-23(28)22(32-25(27)26-20)24-30-15(2)16(3)31-24/h5-14,21H,4H2,1-3H3/t21-/m0/s1. The van der Waals surface area contributed by atoms with Gasteiger partial charge in [0.2, 0.25) is 0 Å². The fourth-order valence-electron chi connectivity index (χ4n) is 3.68. The van der Waals surface area contributed by atoms with E-state index in [0.717, 1.165) is 36.1 Å². The number of thioether (sulfide) groups is 2. The summed E-state index contributed by atoms with van der Waals surface area (Å²) in [5, 5.41) is 0. The van der Waals surface area contributed by atoms with Gasteiger partial charge in [-0.05, 0) is 66.5 Å². The lowest BCUT2D eigenvalue weighted by Gasteiger charge is -2.19. The molecule has 0 saturated carbocycles. The highest BCUT2D eigenvalue weighted by Crippen LogP contribution is 2.48. The van der Waals surface area contributed by atoms with E-state index in [-0.39, 0.29) is 11.6 Å². The Morgan fingerprint density at radius 2 is 1.69 bits per heavy atom. The SMILES string of the molecule is CCOc1ccc(C2=C[C@@H](c3ccccc3)n3c(sc(=C4SC(C)=C(C)S4)c3=O)=N2)cc1. The maximum absolute atomic E-state index is 13.6. The van der Waals surface area contributed by atoms with Crippen LogP contribution in [0.2, 0.25) is 0 Å². The van der Waals surface area contributed by atoms with Crippen molar-refractivity contribution >= 4 is 44.8 Å². The van der Waals surface area contributed by atoms with Gasteiger partial charge < -0.3 is 4.74 Å². The summed E-state index contributed by atoms with van der Waals surface area (Å²) < 4.78 is 9.25. The molecule has 0 unspecified atom stereocenters. The molecule has 1 aromatic heterocycles. The number of aromatic nitrogens is 1. The van der Waals surface area contributed by atoms with Crippen molar-refractivity contribution in [2.45, 2.75) is 26.8 Å². The van der Waals surface area contributed by atoms with Crippen LogP contribution in [0.5, 0.6) is 5.75 Å². The summed E-state index contributed by atoms with van der Waals surface area (Å²) in [6.07, 6.45) is 2.09. The molecule has 162 valence electrons. The lowest BCUT2D eigenvalue weighted by Crippen LogP contribution is -2.36. The number of hydrogen-bond donors (Lipinski definition) is 0. The Morgan fingerprint density at radius 1 is 1.00 bits per heavy atom. The molecule has 0 saturated heterocycles. The van der Waals surface area contributed by atoms with Gasteiger partial charge in [-0.15, -0.1) is 0 Å². The molecule has 0 spiro atoms. The highest BCUT2D eigenvalue weighted by Gasteiger charge is 2.25. The molecule has 32 heavy (non-hydrogen) atoms. The van der Waals surface area contributed by atoms with Crippen LogP contribution in [-0.2, 0) is 0 Å². The summed E-state index contributed by atoms with van der Waals surface area (Å²) in [6, 6.07) is 17.9. The zero-order valence-corrected chi connectivity index (χ0v) is 20.4. The summed E-state index contributed by atoms with van der Waals surface area (Å²) in [5.74, 6) is 0.840. The zero-order chi connectivity index (χ0) is 22.2. The first kappa shape index (κ1) is 21.4. The molecule has 1 atom stereocenters. The normalized spacial score (nSPS) is 17.8. The van der Waals surface area contributed by atoms with E-state index in [1.807, 2.05) is 54.0 Å². The van der Waals surface area contributed by atoms with Crippen molar-refractivity contribution in [3.05, 3.63) is 101 Å². The van der Waals surface area contributed by atoms with Crippen LogP contribution < -0.4 is 19.6 Å². The summed E-state index contributed by atoms with van der Waals surface area (Å²) in [7, 11) is 0. The first-order valence-electron chi connectivity index (χ1n) is 10.4. The molecule has 3 aromatic rings. The van der Waals surface area contributed by atoms with Crippen molar-refractivity contribution in [1.82, 2.24) is 4.57 Å². The van der Waals surface area contributed by atoms with Crippen molar-refractivity contribution in [2.75, 3.05) is 6.61 Å². The number of allylic oxidation sites excluding steroid dienone is 3. The topological polar surface area (TPSA) is 43.6 Å². The van der Waals surface area contributed by atoms with Crippen LogP contribution >= 0.6 is 34.9 Å². The molecule has 0 bridgehead atoms. The molecular weight excluding hydrogens is 456 g/mol. The van der Waals surface area contributed by atoms with Crippen molar-refractivity contribution in [3.8, 4) is 5.75 Å². The largest absolute Gasteiger partial charge is 0.494 e. The number of fused-ring (bicyclic) bond motifs is 1. The van der Waals surface area contributed by atoms with Crippen molar-refractivity contribution in [1.29, 1.82) is 0 Å². The van der Waals surface area contributed by atoms with Crippen LogP contribution in [0.1, 0.15) is 37.9 Å². The van der Waals surface area contributed by atoms with E-state index < -0.39 is 0 Å². The van der Waals surface area contributed by atoms with Gasteiger partial charge in [-0.3, -0.25) is 9.36 Å². The zero-order valence-electron chi connectivity index (χ0n) is 18.0. The van der Waals surface area contributed by atoms with Crippen molar-refractivity contribution in [2.24, 2.45) is 4.99 Å². The van der Waals surface area contributed by atoms with Gasteiger partial charge >= 0.3 is 0 Å². The predicted molar refractivity (Wildman–Crippen MR) is 136 cm³/mol. The van der Waals surface area contributed by atoms with E-state index in [0.29, 0.717) is 6.61 Å². The molecule has 7 heteroatoms. The highest BCUT2D eigenvalue weighted by atomic mass is 32.2. The summed E-state index contributed by atoms with van der Waals surface area (Å²) in [6.45, 7) is 6.82. The number of thiazole rings is 1. The monoisotopic (exact) mass is 478 g/mol. The third-order valence-electron chi connectivity index (χ3n) is 5.40. The second-order valence-electron chi connectivity index (χ2n) is 7.47. The third-order valence-corrected chi connectivity index (χ3v) is 9.34. The average molecular weight is 479 g/mol. The Bertz CT molecular complexity index is 1400. The van der Waals surface area contributed by atoms with Gasteiger partial charge in [0.05, 0.1) is 22.6 Å². The molecule has 2 aliphatic rings. The quantitative estimate of drug-likeness (QED) is 0.506. The molecular formula is C25H22N2O2S3. The third kappa shape index (κ3) is 3.89. The van der Waals surface area contributed by atoms with Crippen LogP contribution in [0.15, 0.2) is 80.3 Å². The van der Waals surface area contributed by atoms with Crippen LogP contribution in [0.25, 0.3) is 9.93 Å². The van der Waals surface area contributed by atoms with Crippen LogP contribution in [0.4, 0.5) is 0 Å². The van der Waals surface area contributed by atoms with E-state index in [1.165, 1.54) is 21.1 Å². The van der Waals surface area contributed by atoms with Gasteiger partial charge in [-0.1, -0.05) is 65.2 Å². The maximum Gasteiger partial charge on any atom is 0.272 e. The predicted octanol–water partition coefficient (Wildman–Crippen LogP) is 5.37. The number of nitrogens with zero attached hydrogens (tertiary/aromatic N) is 2. The number of rotatable bonds is 4. The van der Waals surface area contributed by atoms with Crippen LogP contribution in [0, 0.1) is 0 Å². The first-order valence-corrected chi connectivity index (χ1v) is 12.9. The molecule has 4 nitrogen and oxygen atoms in total. The van der Waals surface area contributed by atoms with E-state index in [4.69, 9.17) is 9.73 Å². The minimum Gasteiger partial charge on any atom is -0.494 e. The van der Waals surface area contributed by atoms with Gasteiger partial charge in [0.15, 0.2) is 4.80 Å². The Morgan fingerprint density at radius 3 is 2.34 bits per heavy atom. The fourth-order valence-corrected chi connectivity index (χ4v) is 7.44. The molecule has 0 aliphatic carbocycles. The number of benzene rings is 2. The summed E-state index contributed by atoms with van der Waals surface area (Å²) in [5.41, 5.74) is 2.98. The lowest BCUT2D eigenvalue weighted by molar-refractivity contribution is 0.340. The van der Waals surface area contributed by atoms with Gasteiger partial charge in [-0.25, -0.2) is 4.99 Å². The maximum atomic E-state index is 13.6. The second kappa shape index (κ2) is 8.81.